The van der Waals surface area contributed by atoms with E-state index in [2.05, 4.69) is 67.6 Å². The fourth-order valence-corrected chi connectivity index (χ4v) is 2.80. The van der Waals surface area contributed by atoms with Gasteiger partial charge in [-0.3, -0.25) is 0 Å². The van der Waals surface area contributed by atoms with Crippen LogP contribution in [0.15, 0.2) is 29.6 Å². The van der Waals surface area contributed by atoms with Crippen molar-refractivity contribution in [1.29, 1.82) is 0 Å². The highest BCUT2D eigenvalue weighted by Gasteiger charge is 2.17. The molecule has 2 aromatic rings. The number of hydrogen-bond donors (Lipinski definition) is 1. The Morgan fingerprint density at radius 1 is 1.21 bits per heavy atom. The molecule has 1 heterocycles. The first-order chi connectivity index (χ1) is 8.95. The minimum absolute atomic E-state index is 0.152. The van der Waals surface area contributed by atoms with Crippen LogP contribution in [0.5, 0.6) is 0 Å². The van der Waals surface area contributed by atoms with Crippen LogP contribution in [0, 0.1) is 6.92 Å². The lowest BCUT2D eigenvalue weighted by Crippen LogP contribution is -2.14. The number of thiazole rings is 1. The number of benzene rings is 1. The van der Waals surface area contributed by atoms with E-state index in [-0.39, 0.29) is 5.41 Å². The fraction of sp³-hybridized carbons (Fsp3) is 0.438. The minimum Gasteiger partial charge on any atom is -0.307 e. The third-order valence-corrected chi connectivity index (χ3v) is 4.23. The first-order valence-electron chi connectivity index (χ1n) is 6.66. The third-order valence-electron chi connectivity index (χ3n) is 2.91. The molecule has 0 radical (unpaired) electrons. The molecule has 19 heavy (non-hydrogen) atoms. The Kier molecular flexibility index (Phi) is 4.38. The summed E-state index contributed by atoms with van der Waals surface area (Å²) in [6.07, 6.45) is 0. The second kappa shape index (κ2) is 5.85. The lowest BCUT2D eigenvalue weighted by Gasteiger charge is -2.13. The van der Waals surface area contributed by atoms with Gasteiger partial charge in [-0.15, -0.1) is 11.3 Å². The van der Waals surface area contributed by atoms with E-state index < -0.39 is 0 Å². The van der Waals surface area contributed by atoms with E-state index in [4.69, 9.17) is 0 Å². The number of aromatic nitrogens is 1. The number of nitrogens with zero attached hydrogens (tertiary/aromatic N) is 1. The van der Waals surface area contributed by atoms with Crippen LogP contribution in [-0.4, -0.2) is 4.98 Å². The zero-order chi connectivity index (χ0) is 13.9. The van der Waals surface area contributed by atoms with Crippen molar-refractivity contribution in [2.45, 2.75) is 46.2 Å². The van der Waals surface area contributed by atoms with Crippen LogP contribution in [0.2, 0.25) is 0 Å². The topological polar surface area (TPSA) is 24.9 Å². The molecule has 0 bridgehead atoms. The van der Waals surface area contributed by atoms with Crippen molar-refractivity contribution in [3.8, 4) is 0 Å². The van der Waals surface area contributed by atoms with Gasteiger partial charge in [0.05, 0.1) is 10.7 Å². The third kappa shape index (κ3) is 4.15. The monoisotopic (exact) mass is 274 g/mol. The molecular formula is C16H22N2S. The van der Waals surface area contributed by atoms with Crippen LogP contribution < -0.4 is 5.32 Å². The van der Waals surface area contributed by atoms with Gasteiger partial charge < -0.3 is 5.32 Å². The molecule has 2 rings (SSSR count). The van der Waals surface area contributed by atoms with Crippen LogP contribution in [0.3, 0.4) is 0 Å². The molecule has 0 saturated carbocycles. The Bertz CT molecular complexity index is 538. The van der Waals surface area contributed by atoms with Gasteiger partial charge in [0.2, 0.25) is 0 Å². The number of hydrogen-bond acceptors (Lipinski definition) is 3. The lowest BCUT2D eigenvalue weighted by atomic mass is 9.98. The maximum atomic E-state index is 4.69. The predicted molar refractivity (Wildman–Crippen MR) is 82.5 cm³/mol. The molecule has 0 atom stereocenters. The highest BCUT2D eigenvalue weighted by Crippen LogP contribution is 2.25. The van der Waals surface area contributed by atoms with Crippen molar-refractivity contribution in [2.75, 3.05) is 0 Å². The molecule has 1 N–H and O–H groups in total. The number of nitrogens with one attached hydrogen (secondary N) is 1. The molecule has 0 spiro atoms. The van der Waals surface area contributed by atoms with Gasteiger partial charge in [0, 0.05) is 23.9 Å². The fourth-order valence-electron chi connectivity index (χ4n) is 1.89. The quantitative estimate of drug-likeness (QED) is 0.910. The van der Waals surface area contributed by atoms with Crippen LogP contribution in [0.25, 0.3) is 0 Å². The molecule has 0 unspecified atom stereocenters. The average Bonchev–Trinajstić information content (AvgIpc) is 2.77. The van der Waals surface area contributed by atoms with Crippen molar-refractivity contribution in [3.63, 3.8) is 0 Å². The predicted octanol–water partition coefficient (Wildman–Crippen LogP) is 4.04. The van der Waals surface area contributed by atoms with Gasteiger partial charge in [-0.1, -0.05) is 50.6 Å². The van der Waals surface area contributed by atoms with Gasteiger partial charge in [-0.2, -0.15) is 0 Å². The van der Waals surface area contributed by atoms with Gasteiger partial charge in [0.15, 0.2) is 0 Å². The standard InChI is InChI=1S/C16H22N2S/c1-12-6-5-7-13(8-12)9-17-10-14-11-19-15(18-14)16(2,3)4/h5-8,11,17H,9-10H2,1-4H3. The highest BCUT2D eigenvalue weighted by molar-refractivity contribution is 7.09. The molecule has 1 aromatic carbocycles. The molecule has 2 nitrogen and oxygen atoms in total. The van der Waals surface area contributed by atoms with E-state index in [9.17, 15) is 0 Å². The zero-order valence-corrected chi connectivity index (χ0v) is 13.0. The summed E-state index contributed by atoms with van der Waals surface area (Å²) in [5, 5.41) is 6.82. The molecule has 0 aliphatic carbocycles. The van der Waals surface area contributed by atoms with E-state index in [1.165, 1.54) is 16.1 Å². The van der Waals surface area contributed by atoms with Crippen molar-refractivity contribution in [1.82, 2.24) is 10.3 Å². The van der Waals surface area contributed by atoms with Gasteiger partial charge in [-0.25, -0.2) is 4.98 Å². The Balaban J connectivity index is 1.88. The SMILES string of the molecule is Cc1cccc(CNCc2csc(C(C)(C)C)n2)c1. The summed E-state index contributed by atoms with van der Waals surface area (Å²) in [4.78, 5) is 4.69. The summed E-state index contributed by atoms with van der Waals surface area (Å²) >= 11 is 1.75. The molecule has 0 aliphatic rings. The van der Waals surface area contributed by atoms with Gasteiger partial charge in [-0.05, 0) is 12.5 Å². The van der Waals surface area contributed by atoms with Crippen molar-refractivity contribution in [3.05, 3.63) is 51.5 Å². The maximum absolute atomic E-state index is 4.69. The zero-order valence-electron chi connectivity index (χ0n) is 12.2. The summed E-state index contributed by atoms with van der Waals surface area (Å²) in [6, 6.07) is 8.60. The summed E-state index contributed by atoms with van der Waals surface area (Å²) in [5.74, 6) is 0. The van der Waals surface area contributed by atoms with Crippen LogP contribution in [0.4, 0.5) is 0 Å². The highest BCUT2D eigenvalue weighted by atomic mass is 32.1. The summed E-state index contributed by atoms with van der Waals surface area (Å²) in [6.45, 7) is 10.5. The Morgan fingerprint density at radius 3 is 2.63 bits per heavy atom. The molecule has 0 aliphatic heterocycles. The summed E-state index contributed by atoms with van der Waals surface area (Å²) < 4.78 is 0. The molecule has 0 saturated heterocycles. The number of aryl methyl sites for hydroxylation is 1. The van der Waals surface area contributed by atoms with Crippen molar-refractivity contribution < 1.29 is 0 Å². The van der Waals surface area contributed by atoms with E-state index in [1.807, 2.05) is 0 Å². The first kappa shape index (κ1) is 14.2. The molecular weight excluding hydrogens is 252 g/mol. The largest absolute Gasteiger partial charge is 0.307 e. The normalized spacial score (nSPS) is 11.8. The summed E-state index contributed by atoms with van der Waals surface area (Å²) in [5.41, 5.74) is 3.93. The van der Waals surface area contributed by atoms with Crippen molar-refractivity contribution in [2.24, 2.45) is 0 Å². The molecule has 3 heteroatoms. The van der Waals surface area contributed by atoms with E-state index in [0.717, 1.165) is 18.8 Å². The number of rotatable bonds is 4. The molecule has 102 valence electrons. The first-order valence-corrected chi connectivity index (χ1v) is 7.54. The van der Waals surface area contributed by atoms with E-state index >= 15 is 0 Å². The molecule has 0 fully saturated rings. The average molecular weight is 274 g/mol. The van der Waals surface area contributed by atoms with Crippen LogP contribution >= 0.6 is 11.3 Å². The second-order valence-corrected chi connectivity index (χ2v) is 6.84. The molecule has 0 amide bonds. The van der Waals surface area contributed by atoms with Gasteiger partial charge in [0.25, 0.3) is 0 Å². The van der Waals surface area contributed by atoms with Gasteiger partial charge >= 0.3 is 0 Å². The smallest absolute Gasteiger partial charge is 0.0982 e. The Labute approximate surface area is 119 Å². The van der Waals surface area contributed by atoms with Gasteiger partial charge in [0.1, 0.15) is 0 Å². The maximum Gasteiger partial charge on any atom is 0.0982 e. The molecule has 1 aromatic heterocycles. The van der Waals surface area contributed by atoms with E-state index in [0.29, 0.717) is 0 Å². The van der Waals surface area contributed by atoms with Crippen LogP contribution in [-0.2, 0) is 18.5 Å². The minimum atomic E-state index is 0.152. The Hall–Kier alpha value is -1.19. The summed E-state index contributed by atoms with van der Waals surface area (Å²) in [7, 11) is 0. The lowest BCUT2D eigenvalue weighted by molar-refractivity contribution is 0.579. The van der Waals surface area contributed by atoms with Crippen molar-refractivity contribution >= 4 is 11.3 Å². The van der Waals surface area contributed by atoms with Crippen LogP contribution in [0.1, 0.15) is 42.6 Å². The second-order valence-electron chi connectivity index (χ2n) is 5.99. The Morgan fingerprint density at radius 2 is 2.00 bits per heavy atom. The van der Waals surface area contributed by atoms with E-state index in [1.54, 1.807) is 11.3 Å².